The third kappa shape index (κ3) is 6.83. The smallest absolute Gasteiger partial charge is 0.213 e. The van der Waals surface area contributed by atoms with Crippen LogP contribution in [0.1, 0.15) is 5.76 Å². The second-order valence-corrected chi connectivity index (χ2v) is 7.40. The van der Waals surface area contributed by atoms with Crippen molar-refractivity contribution in [2.45, 2.75) is 6.54 Å². The molecule has 162 valence electrons. The van der Waals surface area contributed by atoms with Gasteiger partial charge in [0.1, 0.15) is 17.1 Å². The standard InChI is InChI=1S/C21H16ClNO3.ClHO4/c1-24-16-8-9-20-18(11-16)19(23-13-17-3-2-10-25-17)12-21(26-20)14-4-6-15(22)7-5-14;2-1(3,4)5/h2-12H,13H2,1H3;(H,2,3,4,5). The van der Waals surface area contributed by atoms with Gasteiger partial charge in [0.15, 0.2) is 12.3 Å². The van der Waals surface area contributed by atoms with E-state index in [1.165, 1.54) is 0 Å². The molecule has 0 saturated carbocycles. The first-order valence-corrected chi connectivity index (χ1v) is 10.4. The molecule has 0 saturated heterocycles. The molecule has 1 N–H and O–H groups in total. The lowest BCUT2D eigenvalue weighted by Gasteiger charge is -2.17. The Labute approximate surface area is 184 Å². The van der Waals surface area contributed by atoms with Crippen LogP contribution in [0.2, 0.25) is 5.02 Å². The Morgan fingerprint density at radius 1 is 1.00 bits per heavy atom. The van der Waals surface area contributed by atoms with Crippen LogP contribution in [0.3, 0.4) is 0 Å². The van der Waals surface area contributed by atoms with Crippen LogP contribution in [0.5, 0.6) is 5.75 Å². The van der Waals surface area contributed by atoms with Gasteiger partial charge >= 0.3 is 0 Å². The van der Waals surface area contributed by atoms with Gasteiger partial charge in [0.25, 0.3) is 0 Å². The van der Waals surface area contributed by atoms with Crippen LogP contribution in [0.25, 0.3) is 22.3 Å². The minimum atomic E-state index is -4.94. The van der Waals surface area contributed by atoms with Crippen LogP contribution in [-0.2, 0) is 6.54 Å². The van der Waals surface area contributed by atoms with Crippen LogP contribution in [0.15, 0.2) is 75.8 Å². The number of furan rings is 1. The van der Waals surface area contributed by atoms with Gasteiger partial charge in [-0.3, -0.25) is 0 Å². The van der Waals surface area contributed by atoms with Crippen LogP contribution in [0.4, 0.5) is 0 Å². The zero-order chi connectivity index (χ0) is 22.4. The second-order valence-electron chi connectivity index (χ2n) is 6.20. The van der Waals surface area contributed by atoms with Crippen molar-refractivity contribution in [3.8, 4) is 17.1 Å². The van der Waals surface area contributed by atoms with Crippen molar-refractivity contribution in [3.63, 3.8) is 0 Å². The maximum atomic E-state index is 8.49. The van der Waals surface area contributed by atoms with Gasteiger partial charge in [-0.15, -0.1) is 10.2 Å². The summed E-state index contributed by atoms with van der Waals surface area (Å²) in [6, 6.07) is 19.1. The lowest BCUT2D eigenvalue weighted by atomic mass is 10.1. The molecule has 0 aliphatic rings. The van der Waals surface area contributed by atoms with Gasteiger partial charge in [0.2, 0.25) is 5.36 Å². The highest BCUT2D eigenvalue weighted by molar-refractivity contribution is 6.30. The average Bonchev–Trinajstić information content (AvgIpc) is 3.24. The third-order valence-corrected chi connectivity index (χ3v) is 4.39. The molecule has 0 bridgehead atoms. The van der Waals surface area contributed by atoms with Crippen LogP contribution >= 0.6 is 11.6 Å². The first kappa shape index (κ1) is 22.8. The van der Waals surface area contributed by atoms with Crippen molar-refractivity contribution in [1.82, 2.24) is 0 Å². The summed E-state index contributed by atoms with van der Waals surface area (Å²) in [6.07, 6.45) is 1.66. The number of methoxy groups -OCH3 is 1. The molecule has 2 aromatic carbocycles. The van der Waals surface area contributed by atoms with E-state index in [9.17, 15) is 0 Å². The van der Waals surface area contributed by atoms with Crippen molar-refractivity contribution in [3.05, 3.63) is 83.1 Å². The predicted octanol–water partition coefficient (Wildman–Crippen LogP) is -1.22. The Morgan fingerprint density at radius 3 is 2.32 bits per heavy atom. The Morgan fingerprint density at radius 2 is 1.71 bits per heavy atom. The SMILES string of the molecule is COc1ccc2oc(-c3ccc(Cl)cc3)cc(=[NH+]Cc3ccco3)c2c1.[O-][Cl+3]([O-])([O-])[O-]. The van der Waals surface area contributed by atoms with E-state index in [0.29, 0.717) is 11.6 Å². The number of hydrogen-bond acceptors (Lipinski definition) is 7. The summed E-state index contributed by atoms with van der Waals surface area (Å²) >= 11 is 6.00. The molecule has 0 atom stereocenters. The highest BCUT2D eigenvalue weighted by Crippen LogP contribution is 2.25. The van der Waals surface area contributed by atoms with Gasteiger partial charge in [-0.05, 0) is 54.6 Å². The quantitative estimate of drug-likeness (QED) is 0.397. The molecule has 2 aromatic heterocycles. The summed E-state index contributed by atoms with van der Waals surface area (Å²) in [5, 5.41) is 2.57. The molecular weight excluding hydrogens is 449 g/mol. The molecule has 0 aliphatic carbocycles. The van der Waals surface area contributed by atoms with E-state index in [-0.39, 0.29) is 0 Å². The number of rotatable bonds is 4. The van der Waals surface area contributed by atoms with Crippen molar-refractivity contribution < 1.29 is 47.4 Å². The molecule has 4 rings (SSSR count). The molecular formula is C21H17Cl2NO7. The fraction of sp³-hybridized carbons (Fsp3) is 0.0952. The van der Waals surface area contributed by atoms with Crippen LogP contribution < -0.4 is 33.7 Å². The summed E-state index contributed by atoms with van der Waals surface area (Å²) in [6.45, 7) is 0.573. The van der Waals surface area contributed by atoms with Crippen molar-refractivity contribution in [2.75, 3.05) is 7.11 Å². The number of benzene rings is 2. The summed E-state index contributed by atoms with van der Waals surface area (Å²) in [4.78, 5) is 3.43. The maximum Gasteiger partial charge on any atom is 0.213 e. The van der Waals surface area contributed by atoms with E-state index in [1.54, 1.807) is 13.4 Å². The number of hydrogen-bond donors (Lipinski definition) is 1. The predicted molar refractivity (Wildman–Crippen MR) is 99.7 cm³/mol. The molecule has 10 heteroatoms. The first-order valence-electron chi connectivity index (χ1n) is 8.82. The number of ether oxygens (including phenoxy) is 1. The highest BCUT2D eigenvalue weighted by Gasteiger charge is 2.11. The molecule has 0 fully saturated rings. The molecule has 31 heavy (non-hydrogen) atoms. The molecule has 8 nitrogen and oxygen atoms in total. The first-order chi connectivity index (χ1) is 14.7. The fourth-order valence-electron chi connectivity index (χ4n) is 2.79. The van der Waals surface area contributed by atoms with E-state index in [0.717, 1.165) is 39.2 Å². The second kappa shape index (κ2) is 9.97. The topological polar surface area (TPSA) is 142 Å². The van der Waals surface area contributed by atoms with Crippen LogP contribution in [0, 0.1) is 10.2 Å². The Hall–Kier alpha value is -2.85. The van der Waals surface area contributed by atoms with E-state index in [2.05, 4.69) is 4.99 Å². The lowest BCUT2D eigenvalue weighted by molar-refractivity contribution is -2.00. The number of halogens is 2. The Bertz CT molecular complexity index is 1190. The number of fused-ring (bicyclic) bond motifs is 1. The minimum Gasteiger partial charge on any atom is -0.497 e. The van der Waals surface area contributed by atoms with Gasteiger partial charge in [-0.2, -0.15) is 0 Å². The molecule has 0 radical (unpaired) electrons. The highest BCUT2D eigenvalue weighted by atomic mass is 35.7. The minimum absolute atomic E-state index is 0.573. The summed E-state index contributed by atoms with van der Waals surface area (Å²) in [7, 11) is -3.30. The van der Waals surface area contributed by atoms with Crippen molar-refractivity contribution >= 4 is 22.6 Å². The molecule has 2 heterocycles. The summed E-state index contributed by atoms with van der Waals surface area (Å²) in [5.74, 6) is 2.38. The zero-order valence-corrected chi connectivity index (χ0v) is 17.7. The van der Waals surface area contributed by atoms with Gasteiger partial charge in [0, 0.05) is 10.6 Å². The van der Waals surface area contributed by atoms with Gasteiger partial charge in [-0.25, -0.2) is 23.6 Å². The third-order valence-electron chi connectivity index (χ3n) is 4.13. The van der Waals surface area contributed by atoms with E-state index < -0.39 is 10.2 Å². The Balaban J connectivity index is 0.000000491. The van der Waals surface area contributed by atoms with E-state index >= 15 is 0 Å². The molecule has 0 unspecified atom stereocenters. The lowest BCUT2D eigenvalue weighted by Crippen LogP contribution is -2.74. The largest absolute Gasteiger partial charge is 0.497 e. The summed E-state index contributed by atoms with van der Waals surface area (Å²) in [5.41, 5.74) is 1.72. The van der Waals surface area contributed by atoms with E-state index in [1.807, 2.05) is 60.7 Å². The van der Waals surface area contributed by atoms with Crippen molar-refractivity contribution in [1.29, 1.82) is 0 Å². The molecule has 0 amide bonds. The normalized spacial score (nSPS) is 11.9. The van der Waals surface area contributed by atoms with Gasteiger partial charge < -0.3 is 13.6 Å². The van der Waals surface area contributed by atoms with Gasteiger partial charge in [0.05, 0.1) is 24.8 Å². The monoisotopic (exact) mass is 465 g/mol. The van der Waals surface area contributed by atoms with E-state index in [4.69, 9.17) is 43.8 Å². The average molecular weight is 466 g/mol. The van der Waals surface area contributed by atoms with Crippen molar-refractivity contribution in [2.24, 2.45) is 0 Å². The molecule has 0 aliphatic heterocycles. The zero-order valence-electron chi connectivity index (χ0n) is 16.2. The fourth-order valence-corrected chi connectivity index (χ4v) is 2.92. The number of nitrogens with one attached hydrogen (secondary N) is 1. The maximum absolute atomic E-state index is 8.49. The van der Waals surface area contributed by atoms with Gasteiger partial charge in [-0.1, -0.05) is 11.6 Å². The Kier molecular flexibility index (Phi) is 7.34. The summed E-state index contributed by atoms with van der Waals surface area (Å²) < 4.78 is 50.8. The van der Waals surface area contributed by atoms with Crippen LogP contribution in [-0.4, -0.2) is 7.11 Å². The molecule has 0 spiro atoms. The molecule has 4 aromatic rings.